The molecule has 3 rings (SSSR count). The van der Waals surface area contributed by atoms with Crippen molar-refractivity contribution in [1.82, 2.24) is 25.5 Å². The minimum absolute atomic E-state index is 0.157. The molecule has 3 aromatic rings. The van der Waals surface area contributed by atoms with Gasteiger partial charge in [0, 0.05) is 0 Å². The highest BCUT2D eigenvalue weighted by Gasteiger charge is 2.10. The van der Waals surface area contributed by atoms with Crippen molar-refractivity contribution in [1.29, 1.82) is 0 Å². The van der Waals surface area contributed by atoms with Crippen LogP contribution in [-0.4, -0.2) is 33.2 Å². The first-order chi connectivity index (χ1) is 12.2. The van der Waals surface area contributed by atoms with Crippen LogP contribution in [0.4, 0.5) is 4.39 Å². The predicted octanol–water partition coefficient (Wildman–Crippen LogP) is 1.67. The van der Waals surface area contributed by atoms with Gasteiger partial charge >= 0.3 is 0 Å². The van der Waals surface area contributed by atoms with Gasteiger partial charge in [-0.1, -0.05) is 12.1 Å². The van der Waals surface area contributed by atoms with Crippen molar-refractivity contribution in [3.05, 3.63) is 65.7 Å². The van der Waals surface area contributed by atoms with Crippen LogP contribution in [0.5, 0.6) is 5.75 Å². The summed E-state index contributed by atoms with van der Waals surface area (Å²) in [4.78, 5) is 12.0. The van der Waals surface area contributed by atoms with Crippen LogP contribution >= 0.6 is 0 Å². The Morgan fingerprint density at radius 2 is 1.88 bits per heavy atom. The fraction of sp³-hybridized carbons (Fsp3) is 0.176. The van der Waals surface area contributed by atoms with Gasteiger partial charge < -0.3 is 10.1 Å². The summed E-state index contributed by atoms with van der Waals surface area (Å²) in [6.07, 6.45) is 0.157. The molecule has 0 aliphatic heterocycles. The monoisotopic (exact) mass is 341 g/mol. The standard InChI is InChI=1S/C17H16FN5O2/c1-25-15-8-6-14(7-9-15)23-16(20-21-22-23)11-19-17(24)10-12-2-4-13(18)5-3-12/h2-9H,10-11H2,1H3,(H,19,24). The molecule has 0 bridgehead atoms. The number of hydrogen-bond acceptors (Lipinski definition) is 5. The lowest BCUT2D eigenvalue weighted by Crippen LogP contribution is -2.26. The van der Waals surface area contributed by atoms with E-state index in [2.05, 4.69) is 20.8 Å². The van der Waals surface area contributed by atoms with Gasteiger partial charge in [-0.2, -0.15) is 4.68 Å². The number of carbonyl (C=O) groups excluding carboxylic acids is 1. The Morgan fingerprint density at radius 3 is 2.56 bits per heavy atom. The van der Waals surface area contributed by atoms with E-state index in [4.69, 9.17) is 4.74 Å². The number of methoxy groups -OCH3 is 1. The zero-order chi connectivity index (χ0) is 17.6. The summed E-state index contributed by atoms with van der Waals surface area (Å²) in [5.41, 5.74) is 1.49. The number of nitrogens with one attached hydrogen (secondary N) is 1. The van der Waals surface area contributed by atoms with Crippen molar-refractivity contribution < 1.29 is 13.9 Å². The summed E-state index contributed by atoms with van der Waals surface area (Å²) in [5, 5.41) is 14.3. The highest BCUT2D eigenvalue weighted by atomic mass is 19.1. The first-order valence-electron chi connectivity index (χ1n) is 7.58. The van der Waals surface area contributed by atoms with Gasteiger partial charge in [0.05, 0.1) is 25.8 Å². The van der Waals surface area contributed by atoms with E-state index in [0.717, 1.165) is 17.0 Å². The van der Waals surface area contributed by atoms with E-state index in [1.165, 1.54) is 16.8 Å². The second-order valence-corrected chi connectivity index (χ2v) is 5.28. The summed E-state index contributed by atoms with van der Waals surface area (Å²) in [6, 6.07) is 13.0. The molecule has 0 saturated carbocycles. The third-order valence-corrected chi connectivity index (χ3v) is 3.57. The Kier molecular flexibility index (Phi) is 4.98. The largest absolute Gasteiger partial charge is 0.497 e. The highest BCUT2D eigenvalue weighted by molar-refractivity contribution is 5.78. The molecule has 0 aliphatic rings. The lowest BCUT2D eigenvalue weighted by atomic mass is 10.1. The van der Waals surface area contributed by atoms with Gasteiger partial charge in [0.2, 0.25) is 5.91 Å². The first kappa shape index (κ1) is 16.6. The minimum Gasteiger partial charge on any atom is -0.497 e. The topological polar surface area (TPSA) is 81.9 Å². The molecule has 0 fully saturated rings. The molecule has 0 unspecified atom stereocenters. The Hall–Kier alpha value is -3.29. The number of benzene rings is 2. The van der Waals surface area contributed by atoms with Crippen LogP contribution in [0.25, 0.3) is 5.69 Å². The van der Waals surface area contributed by atoms with E-state index >= 15 is 0 Å². The van der Waals surface area contributed by atoms with Gasteiger partial charge in [0.15, 0.2) is 5.82 Å². The average molecular weight is 341 g/mol. The fourth-order valence-electron chi connectivity index (χ4n) is 2.27. The number of ether oxygens (including phenoxy) is 1. The molecule has 1 heterocycles. The maximum absolute atomic E-state index is 12.9. The molecule has 128 valence electrons. The van der Waals surface area contributed by atoms with Gasteiger partial charge in [-0.3, -0.25) is 4.79 Å². The third kappa shape index (κ3) is 4.17. The van der Waals surface area contributed by atoms with Crippen molar-refractivity contribution in [2.45, 2.75) is 13.0 Å². The SMILES string of the molecule is COc1ccc(-n2nnnc2CNC(=O)Cc2ccc(F)cc2)cc1. The Bertz CT molecular complexity index is 846. The van der Waals surface area contributed by atoms with Gasteiger partial charge in [-0.05, 0) is 52.4 Å². The minimum atomic E-state index is -0.331. The zero-order valence-corrected chi connectivity index (χ0v) is 13.5. The molecule has 0 radical (unpaired) electrons. The van der Waals surface area contributed by atoms with Crippen molar-refractivity contribution in [2.75, 3.05) is 7.11 Å². The summed E-state index contributed by atoms with van der Waals surface area (Å²) < 4.78 is 19.5. The molecule has 1 N–H and O–H groups in total. The van der Waals surface area contributed by atoms with Crippen LogP contribution in [0.15, 0.2) is 48.5 Å². The summed E-state index contributed by atoms with van der Waals surface area (Å²) in [5.74, 6) is 0.697. The van der Waals surface area contributed by atoms with Gasteiger partial charge in [-0.25, -0.2) is 4.39 Å². The van der Waals surface area contributed by atoms with Crippen molar-refractivity contribution in [3.8, 4) is 11.4 Å². The number of tetrazole rings is 1. The second-order valence-electron chi connectivity index (χ2n) is 5.28. The molecule has 8 heteroatoms. The van der Waals surface area contributed by atoms with Crippen LogP contribution in [0, 0.1) is 5.82 Å². The van der Waals surface area contributed by atoms with Crippen LogP contribution in [0.2, 0.25) is 0 Å². The van der Waals surface area contributed by atoms with Gasteiger partial charge in [0.1, 0.15) is 11.6 Å². The molecule has 1 amide bonds. The zero-order valence-electron chi connectivity index (χ0n) is 13.5. The number of rotatable bonds is 6. The predicted molar refractivity (Wildman–Crippen MR) is 87.7 cm³/mol. The maximum atomic E-state index is 12.9. The summed E-state index contributed by atoms with van der Waals surface area (Å²) >= 11 is 0. The molecule has 0 atom stereocenters. The van der Waals surface area contributed by atoms with Crippen molar-refractivity contribution in [2.24, 2.45) is 0 Å². The molecular weight excluding hydrogens is 325 g/mol. The Labute approximate surface area is 143 Å². The number of hydrogen-bond donors (Lipinski definition) is 1. The molecule has 25 heavy (non-hydrogen) atoms. The lowest BCUT2D eigenvalue weighted by molar-refractivity contribution is -0.120. The van der Waals surface area contributed by atoms with Gasteiger partial charge in [0.25, 0.3) is 0 Å². The Balaban J connectivity index is 1.62. The normalized spacial score (nSPS) is 10.5. The quantitative estimate of drug-likeness (QED) is 0.737. The maximum Gasteiger partial charge on any atom is 0.224 e. The van der Waals surface area contributed by atoms with E-state index in [9.17, 15) is 9.18 Å². The number of carbonyl (C=O) groups is 1. The first-order valence-corrected chi connectivity index (χ1v) is 7.58. The van der Waals surface area contributed by atoms with Crippen molar-refractivity contribution >= 4 is 5.91 Å². The smallest absolute Gasteiger partial charge is 0.224 e. The van der Waals surface area contributed by atoms with Gasteiger partial charge in [-0.15, -0.1) is 5.10 Å². The molecule has 0 spiro atoms. The Morgan fingerprint density at radius 1 is 1.16 bits per heavy atom. The highest BCUT2D eigenvalue weighted by Crippen LogP contribution is 2.14. The van der Waals surface area contributed by atoms with E-state index in [1.807, 2.05) is 12.1 Å². The number of nitrogens with zero attached hydrogens (tertiary/aromatic N) is 4. The second kappa shape index (κ2) is 7.52. The molecule has 7 nitrogen and oxygen atoms in total. The third-order valence-electron chi connectivity index (χ3n) is 3.57. The lowest BCUT2D eigenvalue weighted by Gasteiger charge is -2.07. The van der Waals surface area contributed by atoms with Crippen LogP contribution < -0.4 is 10.1 Å². The summed E-state index contributed by atoms with van der Waals surface area (Å²) in [7, 11) is 1.59. The van der Waals surface area contributed by atoms with Crippen LogP contribution in [0.1, 0.15) is 11.4 Å². The van der Waals surface area contributed by atoms with Crippen LogP contribution in [0.3, 0.4) is 0 Å². The molecule has 0 aliphatic carbocycles. The van der Waals surface area contributed by atoms with E-state index < -0.39 is 0 Å². The molecular formula is C17H16FN5O2. The fourth-order valence-corrected chi connectivity index (χ4v) is 2.27. The van der Waals surface area contributed by atoms with E-state index in [-0.39, 0.29) is 24.7 Å². The number of aromatic nitrogens is 4. The van der Waals surface area contributed by atoms with E-state index in [1.54, 1.807) is 31.4 Å². The molecule has 2 aromatic carbocycles. The van der Waals surface area contributed by atoms with E-state index in [0.29, 0.717) is 5.82 Å². The molecule has 1 aromatic heterocycles. The summed E-state index contributed by atoms with van der Waals surface area (Å²) in [6.45, 7) is 0.180. The number of halogens is 1. The average Bonchev–Trinajstić information content (AvgIpc) is 3.10. The number of amides is 1. The van der Waals surface area contributed by atoms with Crippen LogP contribution in [-0.2, 0) is 17.8 Å². The molecule has 0 saturated heterocycles. The van der Waals surface area contributed by atoms with Crippen molar-refractivity contribution in [3.63, 3.8) is 0 Å².